The van der Waals surface area contributed by atoms with E-state index in [9.17, 15) is 19.5 Å². The van der Waals surface area contributed by atoms with Crippen molar-refractivity contribution < 1.29 is 24.6 Å². The lowest BCUT2D eigenvalue weighted by Crippen LogP contribution is -2.41. The highest BCUT2D eigenvalue weighted by molar-refractivity contribution is 5.97. The number of hydrogen-bond donors (Lipinski definition) is 5. The Morgan fingerprint density at radius 1 is 1.09 bits per heavy atom. The molecule has 0 aliphatic rings. The third-order valence-electron chi connectivity index (χ3n) is 5.15. The van der Waals surface area contributed by atoms with Gasteiger partial charge in [0.25, 0.3) is 5.91 Å². The van der Waals surface area contributed by atoms with Crippen molar-refractivity contribution in [2.45, 2.75) is 19.0 Å². The Hall–Kier alpha value is -4.67. The number of rotatable bonds is 9. The zero-order valence-corrected chi connectivity index (χ0v) is 18.4. The molecule has 1 atom stereocenters. The summed E-state index contributed by atoms with van der Waals surface area (Å²) < 4.78 is 0. The molecular formula is C23H24N6O5. The SMILES string of the molecule is C=C(CC(NC(=O)c1ccc(N(C)Cc2ccc3nc(N)nc(N)c3c2)cc1)C(=O)O)C(=O)O. The Balaban J connectivity index is 1.69. The Morgan fingerprint density at radius 3 is 2.38 bits per heavy atom. The molecule has 1 aromatic heterocycles. The largest absolute Gasteiger partial charge is 0.480 e. The smallest absolute Gasteiger partial charge is 0.331 e. The first kappa shape index (κ1) is 24.0. The number of benzene rings is 2. The van der Waals surface area contributed by atoms with Gasteiger partial charge in [0.05, 0.1) is 5.52 Å². The molecule has 7 N–H and O–H groups in total. The number of carboxylic acids is 2. The van der Waals surface area contributed by atoms with Gasteiger partial charge in [0.1, 0.15) is 11.9 Å². The lowest BCUT2D eigenvalue weighted by Gasteiger charge is -2.20. The van der Waals surface area contributed by atoms with Gasteiger partial charge >= 0.3 is 11.9 Å². The number of carbonyl (C=O) groups is 3. The van der Waals surface area contributed by atoms with Crippen molar-refractivity contribution in [3.05, 3.63) is 65.7 Å². The summed E-state index contributed by atoms with van der Waals surface area (Å²) in [7, 11) is 1.88. The molecule has 1 amide bonds. The first-order valence-electron chi connectivity index (χ1n) is 10.1. The standard InChI is InChI=1S/C23H24N6O5/c1-12(21(31)32)9-18(22(33)34)26-20(30)14-4-6-15(7-5-14)29(2)11-13-3-8-17-16(10-13)19(24)28-23(25)27-17/h3-8,10,18H,1,9,11H2,2H3,(H,26,30)(H,31,32)(H,33,34)(H4,24,25,27,28). The minimum Gasteiger partial charge on any atom is -0.480 e. The van der Waals surface area contributed by atoms with Crippen LogP contribution in [0.1, 0.15) is 22.3 Å². The number of nitrogens with two attached hydrogens (primary N) is 2. The number of fused-ring (bicyclic) bond motifs is 1. The van der Waals surface area contributed by atoms with Crippen molar-refractivity contribution in [1.82, 2.24) is 15.3 Å². The molecule has 0 bridgehead atoms. The maximum atomic E-state index is 12.5. The van der Waals surface area contributed by atoms with Crippen molar-refractivity contribution in [3.63, 3.8) is 0 Å². The predicted octanol–water partition coefficient (Wildman–Crippen LogP) is 1.64. The van der Waals surface area contributed by atoms with E-state index in [1.807, 2.05) is 30.1 Å². The van der Waals surface area contributed by atoms with Gasteiger partial charge in [0, 0.05) is 42.2 Å². The number of anilines is 3. The summed E-state index contributed by atoms with van der Waals surface area (Å²) in [5.74, 6) is -2.90. The predicted molar refractivity (Wildman–Crippen MR) is 127 cm³/mol. The number of aliphatic carboxylic acids is 2. The van der Waals surface area contributed by atoms with E-state index < -0.39 is 30.3 Å². The quantitative estimate of drug-likeness (QED) is 0.292. The van der Waals surface area contributed by atoms with Crippen LogP contribution in [0.2, 0.25) is 0 Å². The summed E-state index contributed by atoms with van der Waals surface area (Å²) in [4.78, 5) is 44.9. The molecular weight excluding hydrogens is 440 g/mol. The van der Waals surface area contributed by atoms with Crippen molar-refractivity contribution in [2.75, 3.05) is 23.4 Å². The van der Waals surface area contributed by atoms with Gasteiger partial charge in [0.2, 0.25) is 5.95 Å². The fourth-order valence-electron chi connectivity index (χ4n) is 3.32. The van der Waals surface area contributed by atoms with E-state index in [0.29, 0.717) is 23.3 Å². The van der Waals surface area contributed by atoms with Crippen LogP contribution in [0.4, 0.5) is 17.5 Å². The number of nitrogens with zero attached hydrogens (tertiary/aromatic N) is 3. The van der Waals surface area contributed by atoms with Crippen LogP contribution >= 0.6 is 0 Å². The molecule has 0 aliphatic heterocycles. The molecule has 0 saturated heterocycles. The van der Waals surface area contributed by atoms with E-state index in [-0.39, 0.29) is 17.1 Å². The summed E-state index contributed by atoms with van der Waals surface area (Å²) in [5.41, 5.74) is 13.9. The van der Waals surface area contributed by atoms with Crippen LogP contribution in [0.15, 0.2) is 54.6 Å². The van der Waals surface area contributed by atoms with Gasteiger partial charge in [-0.2, -0.15) is 4.98 Å². The fraction of sp³-hybridized carbons (Fsp3) is 0.174. The highest BCUT2D eigenvalue weighted by Crippen LogP contribution is 2.23. The molecule has 11 heteroatoms. The van der Waals surface area contributed by atoms with E-state index in [1.165, 1.54) is 0 Å². The molecule has 0 aliphatic carbocycles. The molecule has 1 unspecified atom stereocenters. The number of amides is 1. The molecule has 176 valence electrons. The molecule has 1 heterocycles. The van der Waals surface area contributed by atoms with Crippen LogP contribution < -0.4 is 21.7 Å². The average molecular weight is 464 g/mol. The zero-order chi connectivity index (χ0) is 25.0. The molecule has 0 radical (unpaired) electrons. The second-order valence-electron chi connectivity index (χ2n) is 7.70. The Labute approximate surface area is 194 Å². The maximum absolute atomic E-state index is 12.5. The first-order chi connectivity index (χ1) is 16.0. The summed E-state index contributed by atoms with van der Waals surface area (Å²) >= 11 is 0. The number of nitrogen functional groups attached to an aromatic ring is 2. The topological polar surface area (TPSA) is 185 Å². The average Bonchev–Trinajstić information content (AvgIpc) is 2.78. The lowest BCUT2D eigenvalue weighted by atomic mass is 10.1. The van der Waals surface area contributed by atoms with Crippen molar-refractivity contribution in [2.24, 2.45) is 0 Å². The summed E-state index contributed by atoms with van der Waals surface area (Å²) in [6.45, 7) is 3.84. The third-order valence-corrected chi connectivity index (χ3v) is 5.15. The van der Waals surface area contributed by atoms with Gasteiger partial charge in [-0.25, -0.2) is 14.6 Å². The number of carbonyl (C=O) groups excluding carboxylic acids is 1. The molecule has 3 aromatic rings. The molecule has 34 heavy (non-hydrogen) atoms. The monoisotopic (exact) mass is 464 g/mol. The van der Waals surface area contributed by atoms with E-state index in [2.05, 4.69) is 21.9 Å². The first-order valence-corrected chi connectivity index (χ1v) is 10.1. The summed E-state index contributed by atoms with van der Waals surface area (Å²) in [5, 5.41) is 21.2. The van der Waals surface area contributed by atoms with Gasteiger partial charge in [-0.3, -0.25) is 4.79 Å². The molecule has 0 spiro atoms. The molecule has 0 fully saturated rings. The minimum atomic E-state index is -1.40. The fourth-order valence-corrected chi connectivity index (χ4v) is 3.32. The molecule has 2 aromatic carbocycles. The van der Waals surface area contributed by atoms with Crippen molar-refractivity contribution in [1.29, 1.82) is 0 Å². The lowest BCUT2D eigenvalue weighted by molar-refractivity contribution is -0.139. The van der Waals surface area contributed by atoms with Crippen LogP contribution in [0.25, 0.3) is 10.9 Å². The van der Waals surface area contributed by atoms with Crippen molar-refractivity contribution in [3.8, 4) is 0 Å². The second-order valence-corrected chi connectivity index (χ2v) is 7.70. The van der Waals surface area contributed by atoms with E-state index in [4.69, 9.17) is 16.6 Å². The number of aromatic nitrogens is 2. The normalized spacial score (nSPS) is 11.6. The van der Waals surface area contributed by atoms with Crippen LogP contribution in [0, 0.1) is 0 Å². The molecule has 3 rings (SSSR count). The van der Waals surface area contributed by atoms with Gasteiger partial charge in [-0.15, -0.1) is 0 Å². The van der Waals surface area contributed by atoms with E-state index in [1.54, 1.807) is 24.3 Å². The van der Waals surface area contributed by atoms with Gasteiger partial charge < -0.3 is 31.9 Å². The van der Waals surface area contributed by atoms with Crippen LogP contribution in [-0.2, 0) is 16.1 Å². The van der Waals surface area contributed by atoms with Gasteiger partial charge in [-0.05, 0) is 42.0 Å². The van der Waals surface area contributed by atoms with E-state index in [0.717, 1.165) is 11.3 Å². The summed E-state index contributed by atoms with van der Waals surface area (Å²) in [6.07, 6.45) is -0.412. The van der Waals surface area contributed by atoms with Crippen LogP contribution in [-0.4, -0.2) is 51.1 Å². The number of hydrogen-bond acceptors (Lipinski definition) is 8. The highest BCUT2D eigenvalue weighted by Gasteiger charge is 2.23. The third kappa shape index (κ3) is 5.57. The Kier molecular flexibility index (Phi) is 6.95. The summed E-state index contributed by atoms with van der Waals surface area (Å²) in [6, 6.07) is 10.8. The van der Waals surface area contributed by atoms with Gasteiger partial charge in [-0.1, -0.05) is 12.6 Å². The number of nitrogens with one attached hydrogen (secondary N) is 1. The molecule has 0 saturated carbocycles. The van der Waals surface area contributed by atoms with Crippen LogP contribution in [0.5, 0.6) is 0 Å². The van der Waals surface area contributed by atoms with Crippen LogP contribution in [0.3, 0.4) is 0 Å². The number of carboxylic acid groups (broad SMARTS) is 2. The van der Waals surface area contributed by atoms with Crippen molar-refractivity contribution >= 4 is 46.2 Å². The second kappa shape index (κ2) is 9.86. The minimum absolute atomic E-state index is 0.112. The molecule has 11 nitrogen and oxygen atoms in total. The Bertz CT molecular complexity index is 1270. The maximum Gasteiger partial charge on any atom is 0.331 e. The van der Waals surface area contributed by atoms with Gasteiger partial charge in [0.15, 0.2) is 0 Å². The zero-order valence-electron chi connectivity index (χ0n) is 18.4. The Morgan fingerprint density at radius 2 is 1.76 bits per heavy atom. The highest BCUT2D eigenvalue weighted by atomic mass is 16.4. The van der Waals surface area contributed by atoms with E-state index >= 15 is 0 Å².